The summed E-state index contributed by atoms with van der Waals surface area (Å²) >= 11 is 5.91. The lowest BCUT2D eigenvalue weighted by Gasteiger charge is -2.30. The average Bonchev–Trinajstić information content (AvgIpc) is 2.59. The van der Waals surface area contributed by atoms with Crippen molar-refractivity contribution >= 4 is 23.2 Å². The van der Waals surface area contributed by atoms with Gasteiger partial charge in [0.2, 0.25) is 5.91 Å². The van der Waals surface area contributed by atoms with Gasteiger partial charge in [-0.05, 0) is 55.5 Å². The SMILES string of the molecule is CC(COc1ccc(C#N)cc1)N(CC(N)=O)c1ccc(Cl)cc1. The molecule has 0 heterocycles. The number of ether oxygens (including phenoxy) is 1. The van der Waals surface area contributed by atoms with Crippen molar-refractivity contribution in [2.24, 2.45) is 5.73 Å². The predicted molar refractivity (Wildman–Crippen MR) is 94.1 cm³/mol. The summed E-state index contributed by atoms with van der Waals surface area (Å²) < 4.78 is 5.75. The molecule has 1 unspecified atom stereocenters. The topological polar surface area (TPSA) is 79.3 Å². The van der Waals surface area contributed by atoms with Gasteiger partial charge in [-0.25, -0.2) is 0 Å². The van der Waals surface area contributed by atoms with E-state index in [1.54, 1.807) is 36.4 Å². The van der Waals surface area contributed by atoms with Crippen molar-refractivity contribution in [1.29, 1.82) is 5.26 Å². The Bertz CT molecular complexity index is 723. The zero-order valence-electron chi connectivity index (χ0n) is 13.3. The monoisotopic (exact) mass is 343 g/mol. The fraction of sp³-hybridized carbons (Fsp3) is 0.222. The molecule has 0 spiro atoms. The van der Waals surface area contributed by atoms with Crippen LogP contribution in [0, 0.1) is 11.3 Å². The van der Waals surface area contributed by atoms with Crippen molar-refractivity contribution < 1.29 is 9.53 Å². The summed E-state index contributed by atoms with van der Waals surface area (Å²) in [6.07, 6.45) is 0. The van der Waals surface area contributed by atoms with E-state index in [0.29, 0.717) is 22.9 Å². The summed E-state index contributed by atoms with van der Waals surface area (Å²) in [5.41, 5.74) is 6.78. The number of halogens is 1. The predicted octanol–water partition coefficient (Wildman–Crippen LogP) is 2.97. The lowest BCUT2D eigenvalue weighted by molar-refractivity contribution is -0.116. The van der Waals surface area contributed by atoms with Crippen molar-refractivity contribution in [3.05, 3.63) is 59.1 Å². The fourth-order valence-electron chi connectivity index (χ4n) is 2.23. The number of nitrogens with zero attached hydrogens (tertiary/aromatic N) is 2. The Morgan fingerprint density at radius 3 is 2.42 bits per heavy atom. The molecule has 0 radical (unpaired) electrons. The zero-order valence-corrected chi connectivity index (χ0v) is 14.0. The maximum absolute atomic E-state index is 11.4. The molecule has 0 aromatic heterocycles. The summed E-state index contributed by atoms with van der Waals surface area (Å²) in [7, 11) is 0. The van der Waals surface area contributed by atoms with Crippen LogP contribution in [0.4, 0.5) is 5.69 Å². The molecule has 2 rings (SSSR count). The fourth-order valence-corrected chi connectivity index (χ4v) is 2.36. The van der Waals surface area contributed by atoms with Crippen molar-refractivity contribution in [3.63, 3.8) is 0 Å². The van der Waals surface area contributed by atoms with Gasteiger partial charge in [0, 0.05) is 10.7 Å². The first kappa shape index (κ1) is 17.6. The number of hydrogen-bond acceptors (Lipinski definition) is 4. The molecule has 0 bridgehead atoms. The zero-order chi connectivity index (χ0) is 17.5. The second kappa shape index (κ2) is 8.23. The number of nitriles is 1. The second-order valence-electron chi connectivity index (χ2n) is 5.37. The minimum atomic E-state index is -0.421. The van der Waals surface area contributed by atoms with Gasteiger partial charge in [-0.15, -0.1) is 0 Å². The highest BCUT2D eigenvalue weighted by Crippen LogP contribution is 2.21. The molecule has 0 aliphatic carbocycles. The molecular formula is C18H18ClN3O2. The maximum Gasteiger partial charge on any atom is 0.236 e. The van der Waals surface area contributed by atoms with Crippen molar-refractivity contribution in [3.8, 4) is 11.8 Å². The first-order valence-corrected chi connectivity index (χ1v) is 7.81. The summed E-state index contributed by atoms with van der Waals surface area (Å²) in [6, 6.07) is 16.0. The number of anilines is 1. The third-order valence-electron chi connectivity index (χ3n) is 3.49. The summed E-state index contributed by atoms with van der Waals surface area (Å²) in [5.74, 6) is 0.242. The smallest absolute Gasteiger partial charge is 0.236 e. The molecule has 24 heavy (non-hydrogen) atoms. The van der Waals surface area contributed by atoms with Gasteiger partial charge in [0.15, 0.2) is 0 Å². The Balaban J connectivity index is 2.06. The molecule has 0 aliphatic rings. The molecule has 2 N–H and O–H groups in total. The summed E-state index contributed by atoms with van der Waals surface area (Å²) in [6.45, 7) is 2.39. The van der Waals surface area contributed by atoms with Crippen molar-refractivity contribution in [2.45, 2.75) is 13.0 Å². The van der Waals surface area contributed by atoms with E-state index in [1.165, 1.54) is 0 Å². The third kappa shape index (κ3) is 4.90. The van der Waals surface area contributed by atoms with E-state index < -0.39 is 5.91 Å². The highest BCUT2D eigenvalue weighted by Gasteiger charge is 2.17. The lowest BCUT2D eigenvalue weighted by Crippen LogP contribution is -2.42. The highest BCUT2D eigenvalue weighted by atomic mass is 35.5. The Morgan fingerprint density at radius 1 is 1.25 bits per heavy atom. The second-order valence-corrected chi connectivity index (χ2v) is 5.80. The van der Waals surface area contributed by atoms with Crippen LogP contribution in [0.25, 0.3) is 0 Å². The van der Waals surface area contributed by atoms with E-state index >= 15 is 0 Å². The first-order chi connectivity index (χ1) is 11.5. The van der Waals surface area contributed by atoms with Gasteiger partial charge in [0.25, 0.3) is 0 Å². The van der Waals surface area contributed by atoms with Gasteiger partial charge in [-0.2, -0.15) is 5.26 Å². The normalized spacial score (nSPS) is 11.4. The highest BCUT2D eigenvalue weighted by molar-refractivity contribution is 6.30. The largest absolute Gasteiger partial charge is 0.491 e. The number of carbonyl (C=O) groups is 1. The summed E-state index contributed by atoms with van der Waals surface area (Å²) in [4.78, 5) is 13.2. The molecule has 0 fully saturated rings. The Morgan fingerprint density at radius 2 is 1.88 bits per heavy atom. The van der Waals surface area contributed by atoms with Crippen LogP contribution in [0.3, 0.4) is 0 Å². The molecule has 0 saturated heterocycles. The number of rotatable bonds is 7. The van der Waals surface area contributed by atoms with Crippen LogP contribution in [0.1, 0.15) is 12.5 Å². The van der Waals surface area contributed by atoms with Crippen LogP contribution in [0.15, 0.2) is 48.5 Å². The molecule has 124 valence electrons. The van der Waals surface area contributed by atoms with E-state index in [2.05, 4.69) is 6.07 Å². The van der Waals surface area contributed by atoms with Crippen molar-refractivity contribution in [2.75, 3.05) is 18.1 Å². The number of carbonyl (C=O) groups excluding carboxylic acids is 1. The van der Waals surface area contributed by atoms with Gasteiger partial charge in [0.05, 0.1) is 24.2 Å². The molecule has 1 amide bonds. The van der Waals surface area contributed by atoms with Crippen molar-refractivity contribution in [1.82, 2.24) is 0 Å². The lowest BCUT2D eigenvalue weighted by atomic mass is 10.2. The molecule has 1 atom stereocenters. The minimum absolute atomic E-state index is 0.0829. The van der Waals surface area contributed by atoms with Gasteiger partial charge < -0.3 is 15.4 Å². The van der Waals surface area contributed by atoms with E-state index in [4.69, 9.17) is 27.3 Å². The van der Waals surface area contributed by atoms with Crippen LogP contribution >= 0.6 is 11.6 Å². The van der Waals surface area contributed by atoms with E-state index in [-0.39, 0.29) is 12.6 Å². The molecular weight excluding hydrogens is 326 g/mol. The number of benzene rings is 2. The number of primary amides is 1. The van der Waals surface area contributed by atoms with Crippen LogP contribution in [0.2, 0.25) is 5.02 Å². The first-order valence-electron chi connectivity index (χ1n) is 7.43. The number of amides is 1. The number of nitrogens with two attached hydrogens (primary N) is 1. The molecule has 2 aromatic carbocycles. The molecule has 0 aliphatic heterocycles. The Kier molecular flexibility index (Phi) is 6.05. The molecule has 5 nitrogen and oxygen atoms in total. The van der Waals surface area contributed by atoms with Crippen LogP contribution in [-0.2, 0) is 4.79 Å². The third-order valence-corrected chi connectivity index (χ3v) is 3.74. The number of hydrogen-bond donors (Lipinski definition) is 1. The average molecular weight is 344 g/mol. The van der Waals surface area contributed by atoms with Gasteiger partial charge in [0.1, 0.15) is 12.4 Å². The molecule has 0 saturated carbocycles. The van der Waals surface area contributed by atoms with E-state index in [0.717, 1.165) is 5.69 Å². The van der Waals surface area contributed by atoms with Crippen LogP contribution < -0.4 is 15.4 Å². The van der Waals surface area contributed by atoms with E-state index in [9.17, 15) is 4.79 Å². The van der Waals surface area contributed by atoms with Gasteiger partial charge in [-0.3, -0.25) is 4.79 Å². The Labute approximate surface area is 146 Å². The maximum atomic E-state index is 11.4. The summed E-state index contributed by atoms with van der Waals surface area (Å²) in [5, 5.41) is 9.42. The molecule has 6 heteroatoms. The standard InChI is InChI=1S/C18H18ClN3O2/c1-13(12-24-17-8-2-14(10-20)3-9-17)22(11-18(21)23)16-6-4-15(19)5-7-16/h2-9,13H,11-12H2,1H3,(H2,21,23). The minimum Gasteiger partial charge on any atom is -0.491 e. The van der Waals surface area contributed by atoms with Gasteiger partial charge in [-0.1, -0.05) is 11.6 Å². The molecule has 2 aromatic rings. The van der Waals surface area contributed by atoms with E-state index in [1.807, 2.05) is 24.0 Å². The van der Waals surface area contributed by atoms with Crippen LogP contribution in [0.5, 0.6) is 5.75 Å². The quantitative estimate of drug-likeness (QED) is 0.838. The Hall–Kier alpha value is -2.71. The van der Waals surface area contributed by atoms with Gasteiger partial charge >= 0.3 is 0 Å². The van der Waals surface area contributed by atoms with Crippen LogP contribution in [-0.4, -0.2) is 25.1 Å².